The smallest absolute Gasteiger partial charge is 0.284 e. The molecular weight excluding hydrogens is 460 g/mol. The van der Waals surface area contributed by atoms with Crippen molar-refractivity contribution < 1.29 is 24.5 Å². The van der Waals surface area contributed by atoms with Gasteiger partial charge < -0.3 is 19.7 Å². The van der Waals surface area contributed by atoms with Gasteiger partial charge in [-0.2, -0.15) is 5.10 Å². The maximum atomic E-state index is 12.1. The molecule has 1 unspecified atom stereocenters. The first-order valence-corrected chi connectivity index (χ1v) is 8.67. The number of hydrazone groups is 1. The predicted octanol–water partition coefficient (Wildman–Crippen LogP) is 2.91. The Morgan fingerprint density at radius 3 is 2.72 bits per heavy atom. The second-order valence-electron chi connectivity index (χ2n) is 5.06. The molecule has 1 heterocycles. The molecule has 0 aliphatic carbocycles. The number of benzene rings is 2. The highest BCUT2D eigenvalue weighted by atomic mass is 79.9. The molecule has 0 saturated heterocycles. The van der Waals surface area contributed by atoms with Crippen LogP contribution in [0.2, 0.25) is 0 Å². The lowest BCUT2D eigenvalue weighted by molar-refractivity contribution is -0.130. The number of amides is 1. The van der Waals surface area contributed by atoms with Gasteiger partial charge in [-0.25, -0.2) is 5.43 Å². The Morgan fingerprint density at radius 1 is 1.24 bits per heavy atom. The molecular formula is C16H12Br2N2O5. The van der Waals surface area contributed by atoms with E-state index in [1.54, 1.807) is 18.2 Å². The summed E-state index contributed by atoms with van der Waals surface area (Å²) < 4.78 is 11.5. The first kappa shape index (κ1) is 17.6. The highest BCUT2D eigenvalue weighted by molar-refractivity contribution is 9.11. The van der Waals surface area contributed by atoms with Gasteiger partial charge in [-0.3, -0.25) is 4.79 Å². The lowest BCUT2D eigenvalue weighted by atomic mass is 10.2. The van der Waals surface area contributed by atoms with Crippen molar-refractivity contribution in [2.75, 3.05) is 6.61 Å². The van der Waals surface area contributed by atoms with Gasteiger partial charge >= 0.3 is 0 Å². The van der Waals surface area contributed by atoms with E-state index in [4.69, 9.17) is 9.47 Å². The SMILES string of the molecule is O=C(N/N=C\c1cc(Br)c(O)c(Br)c1O)C1COc2ccccc2O1. The Morgan fingerprint density at radius 2 is 1.96 bits per heavy atom. The monoisotopic (exact) mass is 470 g/mol. The number of hydrogen-bond acceptors (Lipinski definition) is 6. The molecule has 9 heteroatoms. The maximum Gasteiger partial charge on any atom is 0.284 e. The lowest BCUT2D eigenvalue weighted by Gasteiger charge is -2.24. The summed E-state index contributed by atoms with van der Waals surface area (Å²) in [6, 6.07) is 8.52. The molecule has 0 radical (unpaired) electrons. The van der Waals surface area contributed by atoms with Crippen LogP contribution >= 0.6 is 31.9 Å². The normalized spacial score (nSPS) is 16.0. The molecule has 2 aromatic carbocycles. The third kappa shape index (κ3) is 3.72. The number of ether oxygens (including phenoxy) is 2. The molecule has 1 aliphatic heterocycles. The van der Waals surface area contributed by atoms with Crippen LogP contribution in [0, 0.1) is 0 Å². The molecule has 0 saturated carbocycles. The lowest BCUT2D eigenvalue weighted by Crippen LogP contribution is -2.42. The van der Waals surface area contributed by atoms with E-state index in [0.29, 0.717) is 21.5 Å². The van der Waals surface area contributed by atoms with Crippen LogP contribution in [-0.4, -0.2) is 35.0 Å². The number of para-hydroxylation sites is 2. The highest BCUT2D eigenvalue weighted by Crippen LogP contribution is 2.40. The summed E-state index contributed by atoms with van der Waals surface area (Å²) in [6.07, 6.45) is 0.416. The number of hydrogen-bond donors (Lipinski definition) is 3. The van der Waals surface area contributed by atoms with Gasteiger partial charge in [-0.15, -0.1) is 0 Å². The molecule has 1 amide bonds. The van der Waals surface area contributed by atoms with Gasteiger partial charge in [-0.1, -0.05) is 12.1 Å². The molecule has 7 nitrogen and oxygen atoms in total. The van der Waals surface area contributed by atoms with Gasteiger partial charge in [0.1, 0.15) is 22.6 Å². The van der Waals surface area contributed by atoms with E-state index in [0.717, 1.165) is 0 Å². The first-order chi connectivity index (χ1) is 12.0. The van der Waals surface area contributed by atoms with Gasteiger partial charge in [0.05, 0.1) is 10.7 Å². The third-order valence-electron chi connectivity index (χ3n) is 3.38. The fourth-order valence-corrected chi connectivity index (χ4v) is 3.25. The zero-order chi connectivity index (χ0) is 18.0. The molecule has 0 fully saturated rings. The second-order valence-corrected chi connectivity index (χ2v) is 6.70. The maximum absolute atomic E-state index is 12.1. The van der Waals surface area contributed by atoms with E-state index >= 15 is 0 Å². The summed E-state index contributed by atoms with van der Waals surface area (Å²) in [5.41, 5.74) is 2.63. The summed E-state index contributed by atoms with van der Waals surface area (Å²) in [7, 11) is 0. The number of aromatic hydroxyl groups is 2. The molecule has 3 rings (SSSR count). The van der Waals surface area contributed by atoms with E-state index in [1.807, 2.05) is 6.07 Å². The van der Waals surface area contributed by atoms with Crippen molar-refractivity contribution in [2.24, 2.45) is 5.10 Å². The summed E-state index contributed by atoms with van der Waals surface area (Å²) in [6.45, 7) is 0.0694. The van der Waals surface area contributed by atoms with Crippen molar-refractivity contribution in [3.8, 4) is 23.0 Å². The zero-order valence-electron chi connectivity index (χ0n) is 12.6. The first-order valence-electron chi connectivity index (χ1n) is 7.08. The van der Waals surface area contributed by atoms with Crippen LogP contribution in [-0.2, 0) is 4.79 Å². The number of nitrogens with one attached hydrogen (secondary N) is 1. The van der Waals surface area contributed by atoms with Crippen LogP contribution in [0.15, 0.2) is 44.4 Å². The van der Waals surface area contributed by atoms with Crippen molar-refractivity contribution in [1.29, 1.82) is 0 Å². The van der Waals surface area contributed by atoms with Gasteiger partial charge in [0, 0.05) is 5.56 Å². The van der Waals surface area contributed by atoms with Crippen molar-refractivity contribution in [2.45, 2.75) is 6.10 Å². The van der Waals surface area contributed by atoms with Crippen molar-refractivity contribution in [1.82, 2.24) is 5.43 Å². The number of fused-ring (bicyclic) bond motifs is 1. The minimum absolute atomic E-state index is 0.0694. The Bertz CT molecular complexity index is 857. The van der Waals surface area contributed by atoms with E-state index < -0.39 is 12.0 Å². The Kier molecular flexibility index (Phi) is 5.14. The summed E-state index contributed by atoms with van der Waals surface area (Å²) in [5, 5.41) is 23.4. The molecule has 0 aromatic heterocycles. The minimum Gasteiger partial charge on any atom is -0.506 e. The van der Waals surface area contributed by atoms with Crippen LogP contribution < -0.4 is 14.9 Å². The largest absolute Gasteiger partial charge is 0.506 e. The van der Waals surface area contributed by atoms with Crippen LogP contribution in [0.5, 0.6) is 23.0 Å². The van der Waals surface area contributed by atoms with Gasteiger partial charge in [-0.05, 0) is 50.1 Å². The van der Waals surface area contributed by atoms with Gasteiger partial charge in [0.25, 0.3) is 5.91 Å². The van der Waals surface area contributed by atoms with Gasteiger partial charge in [0.2, 0.25) is 6.10 Å². The van der Waals surface area contributed by atoms with E-state index in [1.165, 1.54) is 12.3 Å². The number of phenolic OH excluding ortho intramolecular Hbond substituents is 2. The average molecular weight is 472 g/mol. The van der Waals surface area contributed by atoms with Crippen LogP contribution in [0.1, 0.15) is 5.56 Å². The standard InChI is InChI=1S/C16H12Br2N2O5/c17-9-5-8(14(21)13(18)15(9)22)6-19-20-16(23)12-7-24-10-3-1-2-4-11(10)25-12/h1-6,12,21-22H,7H2,(H,20,23)/b19-6-. The molecule has 3 N–H and O–H groups in total. The molecule has 130 valence electrons. The fourth-order valence-electron chi connectivity index (χ4n) is 2.10. The zero-order valence-corrected chi connectivity index (χ0v) is 15.7. The topological polar surface area (TPSA) is 100 Å². The van der Waals surface area contributed by atoms with Crippen molar-refractivity contribution in [3.63, 3.8) is 0 Å². The molecule has 1 aliphatic rings. The number of nitrogens with zero attached hydrogens (tertiary/aromatic N) is 1. The van der Waals surface area contributed by atoms with Crippen LogP contribution in [0.4, 0.5) is 0 Å². The van der Waals surface area contributed by atoms with E-state index in [9.17, 15) is 15.0 Å². The Labute approximate surface area is 159 Å². The molecule has 0 spiro atoms. The molecule has 0 bridgehead atoms. The van der Waals surface area contributed by atoms with Gasteiger partial charge in [0.15, 0.2) is 11.5 Å². The third-order valence-corrected chi connectivity index (χ3v) is 4.73. The number of carbonyl (C=O) groups excluding carboxylic acids is 1. The van der Waals surface area contributed by atoms with Crippen molar-refractivity contribution >= 4 is 44.0 Å². The summed E-state index contributed by atoms with van der Waals surface area (Å²) in [5.74, 6) is 0.248. The minimum atomic E-state index is -0.834. The second kappa shape index (κ2) is 7.32. The molecule has 2 aromatic rings. The predicted molar refractivity (Wildman–Crippen MR) is 97.3 cm³/mol. The number of halogens is 2. The molecule has 25 heavy (non-hydrogen) atoms. The fraction of sp³-hybridized carbons (Fsp3) is 0.125. The summed E-state index contributed by atoms with van der Waals surface area (Å²) in [4.78, 5) is 12.1. The number of carbonyl (C=O) groups is 1. The number of phenols is 2. The van der Waals surface area contributed by atoms with Crippen LogP contribution in [0.25, 0.3) is 0 Å². The Balaban J connectivity index is 1.66. The van der Waals surface area contributed by atoms with E-state index in [2.05, 4.69) is 42.4 Å². The summed E-state index contributed by atoms with van der Waals surface area (Å²) >= 11 is 6.22. The average Bonchev–Trinajstić information content (AvgIpc) is 2.63. The quantitative estimate of drug-likeness (QED) is 0.472. The van der Waals surface area contributed by atoms with Crippen molar-refractivity contribution in [3.05, 3.63) is 44.8 Å². The van der Waals surface area contributed by atoms with Crippen LogP contribution in [0.3, 0.4) is 0 Å². The highest BCUT2D eigenvalue weighted by Gasteiger charge is 2.27. The van der Waals surface area contributed by atoms with E-state index in [-0.39, 0.29) is 22.6 Å². The number of rotatable bonds is 3. The molecule has 1 atom stereocenters. The Hall–Kier alpha value is -2.26.